The maximum absolute atomic E-state index is 12.5. The van der Waals surface area contributed by atoms with Gasteiger partial charge < -0.3 is 19.4 Å². The quantitative estimate of drug-likeness (QED) is 0.757. The molecule has 4 heterocycles. The fraction of sp³-hybridized carbons (Fsp3) is 0.875. The molecule has 0 aromatic heterocycles. The first kappa shape index (κ1) is 14.3. The Morgan fingerprint density at radius 3 is 2.64 bits per heavy atom. The zero-order chi connectivity index (χ0) is 15.1. The average molecular weight is 307 g/mol. The largest absolute Gasteiger partial charge is 0.376 e. The first-order chi connectivity index (χ1) is 10.7. The number of hydrogen-bond donors (Lipinski definition) is 0. The van der Waals surface area contributed by atoms with Crippen molar-refractivity contribution in [2.45, 2.75) is 31.8 Å². The smallest absolute Gasteiger partial charge is 0.320 e. The number of ether oxygens (including phenoxy) is 1. The lowest BCUT2D eigenvalue weighted by Crippen LogP contribution is -2.42. The maximum atomic E-state index is 12.5. The van der Waals surface area contributed by atoms with E-state index in [1.54, 1.807) is 0 Å². The van der Waals surface area contributed by atoms with Crippen molar-refractivity contribution < 1.29 is 14.3 Å². The minimum atomic E-state index is 0.175. The van der Waals surface area contributed by atoms with E-state index in [1.165, 1.54) is 0 Å². The standard InChI is InChI=1S/C16H25N3O3/c20-15-4-3-7-18(15)8-12-11-22-14-10-19(9-13(12)14)16(21)17-5-1-2-6-17/h12-14H,1-11H2/t12-,13+,14+/m0/s1. The Balaban J connectivity index is 1.36. The highest BCUT2D eigenvalue weighted by Crippen LogP contribution is 2.35. The summed E-state index contributed by atoms with van der Waals surface area (Å²) in [4.78, 5) is 30.3. The number of urea groups is 1. The molecular weight excluding hydrogens is 282 g/mol. The average Bonchev–Trinajstić information content (AvgIpc) is 3.26. The van der Waals surface area contributed by atoms with Crippen LogP contribution >= 0.6 is 0 Å². The van der Waals surface area contributed by atoms with Gasteiger partial charge in [-0.15, -0.1) is 0 Å². The second-order valence-electron chi connectivity index (χ2n) is 7.12. The summed E-state index contributed by atoms with van der Waals surface area (Å²) in [7, 11) is 0. The molecule has 22 heavy (non-hydrogen) atoms. The molecule has 4 aliphatic rings. The zero-order valence-electron chi connectivity index (χ0n) is 13.1. The van der Waals surface area contributed by atoms with Crippen LogP contribution in [0.15, 0.2) is 0 Å². The van der Waals surface area contributed by atoms with Crippen LogP contribution in [0.5, 0.6) is 0 Å². The zero-order valence-corrected chi connectivity index (χ0v) is 13.1. The molecule has 0 aliphatic carbocycles. The number of amides is 3. The van der Waals surface area contributed by atoms with Crippen molar-refractivity contribution in [3.63, 3.8) is 0 Å². The second-order valence-corrected chi connectivity index (χ2v) is 7.12. The molecule has 6 nitrogen and oxygen atoms in total. The molecule has 0 aromatic rings. The van der Waals surface area contributed by atoms with Crippen molar-refractivity contribution in [1.82, 2.24) is 14.7 Å². The Morgan fingerprint density at radius 1 is 1.09 bits per heavy atom. The predicted molar refractivity (Wildman–Crippen MR) is 80.3 cm³/mol. The molecule has 4 aliphatic heterocycles. The molecule has 0 saturated carbocycles. The SMILES string of the molecule is O=C1CCCN1C[C@H]1CO[C@@H]2CN(C(=O)N3CCCC3)C[C@H]12. The summed E-state index contributed by atoms with van der Waals surface area (Å²) in [6.07, 6.45) is 4.11. The lowest BCUT2D eigenvalue weighted by Gasteiger charge is -2.26. The molecule has 6 heteroatoms. The molecule has 0 bridgehead atoms. The monoisotopic (exact) mass is 307 g/mol. The van der Waals surface area contributed by atoms with Gasteiger partial charge in [0.1, 0.15) is 0 Å². The van der Waals surface area contributed by atoms with Gasteiger partial charge in [-0.1, -0.05) is 0 Å². The first-order valence-electron chi connectivity index (χ1n) is 8.65. The van der Waals surface area contributed by atoms with Crippen molar-refractivity contribution >= 4 is 11.9 Å². The summed E-state index contributed by atoms with van der Waals surface area (Å²) in [6, 6.07) is 0.187. The van der Waals surface area contributed by atoms with Crippen molar-refractivity contribution in [2.75, 3.05) is 45.9 Å². The second kappa shape index (κ2) is 5.72. The van der Waals surface area contributed by atoms with Gasteiger partial charge in [0, 0.05) is 57.5 Å². The van der Waals surface area contributed by atoms with Crippen LogP contribution in [0.25, 0.3) is 0 Å². The van der Waals surface area contributed by atoms with Crippen molar-refractivity contribution in [3.05, 3.63) is 0 Å². The van der Waals surface area contributed by atoms with E-state index in [2.05, 4.69) is 0 Å². The molecule has 0 N–H and O–H groups in total. The Labute approximate surface area is 131 Å². The molecular formula is C16H25N3O3. The lowest BCUT2D eigenvalue weighted by molar-refractivity contribution is -0.128. The van der Waals surface area contributed by atoms with Crippen LogP contribution < -0.4 is 0 Å². The summed E-state index contributed by atoms with van der Waals surface area (Å²) in [5.41, 5.74) is 0. The van der Waals surface area contributed by atoms with Crippen LogP contribution in [0.4, 0.5) is 4.79 Å². The van der Waals surface area contributed by atoms with E-state index < -0.39 is 0 Å². The summed E-state index contributed by atoms with van der Waals surface area (Å²) in [5.74, 6) is 1.08. The van der Waals surface area contributed by atoms with Crippen LogP contribution in [-0.2, 0) is 9.53 Å². The number of rotatable bonds is 2. The number of carbonyl (C=O) groups excluding carboxylic acids is 2. The third-order valence-electron chi connectivity index (χ3n) is 5.71. The van der Waals surface area contributed by atoms with E-state index in [9.17, 15) is 9.59 Å². The fourth-order valence-electron chi connectivity index (χ4n) is 4.43. The van der Waals surface area contributed by atoms with Gasteiger partial charge in [-0.05, 0) is 19.3 Å². The minimum Gasteiger partial charge on any atom is -0.376 e. The van der Waals surface area contributed by atoms with Crippen molar-refractivity contribution in [1.29, 1.82) is 0 Å². The first-order valence-corrected chi connectivity index (χ1v) is 8.65. The van der Waals surface area contributed by atoms with Crippen molar-refractivity contribution in [2.24, 2.45) is 11.8 Å². The topological polar surface area (TPSA) is 53.1 Å². The minimum absolute atomic E-state index is 0.175. The fourth-order valence-corrected chi connectivity index (χ4v) is 4.43. The molecule has 0 unspecified atom stereocenters. The highest BCUT2D eigenvalue weighted by atomic mass is 16.5. The van der Waals surface area contributed by atoms with Crippen LogP contribution in [-0.4, -0.2) is 78.6 Å². The van der Waals surface area contributed by atoms with E-state index >= 15 is 0 Å². The molecule has 0 aromatic carbocycles. The van der Waals surface area contributed by atoms with Crippen LogP contribution in [0, 0.1) is 11.8 Å². The molecule has 4 rings (SSSR count). The van der Waals surface area contributed by atoms with Gasteiger partial charge in [-0.3, -0.25) is 4.79 Å². The molecule has 3 amide bonds. The van der Waals surface area contributed by atoms with Crippen LogP contribution in [0.1, 0.15) is 25.7 Å². The molecule has 4 saturated heterocycles. The Kier molecular flexibility index (Phi) is 3.72. The van der Waals surface area contributed by atoms with E-state index in [0.717, 1.165) is 65.1 Å². The third-order valence-corrected chi connectivity index (χ3v) is 5.71. The molecule has 0 radical (unpaired) electrons. The van der Waals surface area contributed by atoms with Gasteiger partial charge in [0.15, 0.2) is 0 Å². The van der Waals surface area contributed by atoms with E-state index in [0.29, 0.717) is 18.3 Å². The van der Waals surface area contributed by atoms with Gasteiger partial charge >= 0.3 is 6.03 Å². The number of hydrogen-bond acceptors (Lipinski definition) is 3. The Hall–Kier alpha value is -1.30. The summed E-state index contributed by atoms with van der Waals surface area (Å²) in [5, 5.41) is 0. The maximum Gasteiger partial charge on any atom is 0.320 e. The van der Waals surface area contributed by atoms with E-state index in [1.807, 2.05) is 14.7 Å². The molecule has 4 fully saturated rings. The number of carbonyl (C=O) groups is 2. The number of fused-ring (bicyclic) bond motifs is 1. The lowest BCUT2D eigenvalue weighted by atomic mass is 9.93. The van der Waals surface area contributed by atoms with E-state index in [4.69, 9.17) is 4.74 Å². The molecule has 0 spiro atoms. The van der Waals surface area contributed by atoms with Gasteiger partial charge in [0.05, 0.1) is 12.7 Å². The summed E-state index contributed by atoms with van der Waals surface area (Å²) < 4.78 is 5.93. The molecule has 3 atom stereocenters. The normalized spacial score (nSPS) is 34.8. The predicted octanol–water partition coefficient (Wildman–Crippen LogP) is 0.771. The molecule has 122 valence electrons. The Bertz CT molecular complexity index is 464. The number of nitrogens with zero attached hydrogens (tertiary/aromatic N) is 3. The van der Waals surface area contributed by atoms with Gasteiger partial charge in [0.2, 0.25) is 5.91 Å². The summed E-state index contributed by atoms with van der Waals surface area (Å²) >= 11 is 0. The highest BCUT2D eigenvalue weighted by Gasteiger charge is 2.46. The van der Waals surface area contributed by atoms with Gasteiger partial charge in [-0.2, -0.15) is 0 Å². The van der Waals surface area contributed by atoms with E-state index in [-0.39, 0.29) is 18.0 Å². The Morgan fingerprint density at radius 2 is 1.91 bits per heavy atom. The van der Waals surface area contributed by atoms with Gasteiger partial charge in [-0.25, -0.2) is 4.79 Å². The van der Waals surface area contributed by atoms with Crippen LogP contribution in [0.2, 0.25) is 0 Å². The third kappa shape index (κ3) is 2.47. The number of likely N-dealkylation sites (tertiary alicyclic amines) is 3. The van der Waals surface area contributed by atoms with Crippen LogP contribution in [0.3, 0.4) is 0 Å². The van der Waals surface area contributed by atoms with Crippen molar-refractivity contribution in [3.8, 4) is 0 Å². The summed E-state index contributed by atoms with van der Waals surface area (Å²) in [6.45, 7) is 5.77. The highest BCUT2D eigenvalue weighted by molar-refractivity contribution is 5.78. The van der Waals surface area contributed by atoms with Gasteiger partial charge in [0.25, 0.3) is 0 Å².